The van der Waals surface area contributed by atoms with Gasteiger partial charge in [0, 0.05) is 11.6 Å². The molecule has 1 aromatic carbocycles. The Morgan fingerprint density at radius 1 is 1.50 bits per heavy atom. The van der Waals surface area contributed by atoms with E-state index in [1.807, 2.05) is 6.07 Å². The third-order valence-electron chi connectivity index (χ3n) is 2.24. The molecule has 0 heterocycles. The van der Waals surface area contributed by atoms with Gasteiger partial charge in [0.05, 0.1) is 12.5 Å². The van der Waals surface area contributed by atoms with Crippen molar-refractivity contribution in [3.05, 3.63) is 34.3 Å². The molecule has 0 aliphatic rings. The fraction of sp³-hybridized carbons (Fsp3) is 0.333. The van der Waals surface area contributed by atoms with Gasteiger partial charge in [-0.1, -0.05) is 28.1 Å². The maximum Gasteiger partial charge on any atom is 0.305 e. The number of hydrogen-bond donors (Lipinski definition) is 2. The fourth-order valence-electron chi connectivity index (χ4n) is 1.52. The number of benzene rings is 1. The standard InChI is InChI=1S/C12H14BrNO4/c1-18-7-11(15)14-10(6-12(16)17)8-3-2-4-9(13)5-8/h2-5,10H,6-7H2,1H3,(H,14,15)(H,16,17)/t10-/m0/s1. The molecule has 0 fully saturated rings. The number of amides is 1. The maximum atomic E-state index is 11.5. The SMILES string of the molecule is COCC(=O)N[C@@H](CC(=O)O)c1cccc(Br)c1. The summed E-state index contributed by atoms with van der Waals surface area (Å²) in [6.45, 7) is -0.0931. The van der Waals surface area contributed by atoms with E-state index in [9.17, 15) is 9.59 Å². The Morgan fingerprint density at radius 3 is 2.78 bits per heavy atom. The average molecular weight is 316 g/mol. The molecule has 0 saturated carbocycles. The second-order valence-electron chi connectivity index (χ2n) is 3.71. The average Bonchev–Trinajstić information content (AvgIpc) is 2.28. The Bertz CT molecular complexity index is 436. The van der Waals surface area contributed by atoms with E-state index in [2.05, 4.69) is 21.2 Å². The Labute approximate surface area is 113 Å². The number of aliphatic carboxylic acids is 1. The lowest BCUT2D eigenvalue weighted by molar-refractivity contribution is -0.137. The minimum atomic E-state index is -0.974. The Hall–Kier alpha value is -1.40. The highest BCUT2D eigenvalue weighted by Crippen LogP contribution is 2.20. The Balaban J connectivity index is 2.84. The van der Waals surface area contributed by atoms with Crippen molar-refractivity contribution in [2.45, 2.75) is 12.5 Å². The van der Waals surface area contributed by atoms with Crippen molar-refractivity contribution < 1.29 is 19.4 Å². The van der Waals surface area contributed by atoms with E-state index in [1.54, 1.807) is 18.2 Å². The number of nitrogens with one attached hydrogen (secondary N) is 1. The quantitative estimate of drug-likeness (QED) is 0.838. The van der Waals surface area contributed by atoms with Crippen LogP contribution in [0.4, 0.5) is 0 Å². The second-order valence-corrected chi connectivity index (χ2v) is 4.62. The molecule has 0 unspecified atom stereocenters. The molecule has 1 aromatic rings. The molecule has 1 amide bonds. The van der Waals surface area contributed by atoms with Crippen LogP contribution in [-0.4, -0.2) is 30.7 Å². The van der Waals surface area contributed by atoms with Crippen LogP contribution in [0, 0.1) is 0 Å². The molecule has 5 nitrogen and oxygen atoms in total. The molecule has 98 valence electrons. The molecule has 0 saturated heterocycles. The van der Waals surface area contributed by atoms with Crippen molar-refractivity contribution in [2.24, 2.45) is 0 Å². The van der Waals surface area contributed by atoms with Crippen LogP contribution in [0.15, 0.2) is 28.7 Å². The van der Waals surface area contributed by atoms with Crippen LogP contribution in [0.1, 0.15) is 18.0 Å². The van der Waals surface area contributed by atoms with Crippen LogP contribution >= 0.6 is 15.9 Å². The van der Waals surface area contributed by atoms with Crippen LogP contribution in [-0.2, 0) is 14.3 Å². The van der Waals surface area contributed by atoms with Gasteiger partial charge >= 0.3 is 5.97 Å². The summed E-state index contributed by atoms with van der Waals surface area (Å²) in [5.41, 5.74) is 0.733. The van der Waals surface area contributed by atoms with Gasteiger partial charge in [0.25, 0.3) is 0 Å². The number of carbonyl (C=O) groups is 2. The summed E-state index contributed by atoms with van der Waals surface area (Å²) in [7, 11) is 1.41. The number of methoxy groups -OCH3 is 1. The normalized spacial score (nSPS) is 11.9. The van der Waals surface area contributed by atoms with Crippen molar-refractivity contribution in [1.82, 2.24) is 5.32 Å². The van der Waals surface area contributed by atoms with Gasteiger partial charge in [-0.25, -0.2) is 0 Å². The van der Waals surface area contributed by atoms with Gasteiger partial charge in [0.15, 0.2) is 0 Å². The first kappa shape index (κ1) is 14.7. The summed E-state index contributed by atoms with van der Waals surface area (Å²) in [5.74, 6) is -1.32. The molecule has 2 N–H and O–H groups in total. The molecule has 0 spiro atoms. The number of carbonyl (C=O) groups excluding carboxylic acids is 1. The fourth-order valence-corrected chi connectivity index (χ4v) is 1.93. The van der Waals surface area contributed by atoms with Crippen molar-refractivity contribution in [1.29, 1.82) is 0 Å². The van der Waals surface area contributed by atoms with Gasteiger partial charge in [-0.3, -0.25) is 9.59 Å². The van der Waals surface area contributed by atoms with Crippen LogP contribution in [0.2, 0.25) is 0 Å². The lowest BCUT2D eigenvalue weighted by Crippen LogP contribution is -2.32. The highest BCUT2D eigenvalue weighted by atomic mass is 79.9. The summed E-state index contributed by atoms with van der Waals surface area (Å²) < 4.78 is 5.53. The van der Waals surface area contributed by atoms with Crippen molar-refractivity contribution in [2.75, 3.05) is 13.7 Å². The van der Waals surface area contributed by atoms with Gasteiger partial charge in [0.2, 0.25) is 5.91 Å². The molecule has 6 heteroatoms. The highest BCUT2D eigenvalue weighted by Gasteiger charge is 2.18. The summed E-state index contributed by atoms with van der Waals surface area (Å²) >= 11 is 3.31. The van der Waals surface area contributed by atoms with Gasteiger partial charge in [-0.15, -0.1) is 0 Å². The first-order chi connectivity index (χ1) is 8.52. The predicted octanol–water partition coefficient (Wildman–Crippen LogP) is 1.73. The van der Waals surface area contributed by atoms with E-state index in [4.69, 9.17) is 9.84 Å². The smallest absolute Gasteiger partial charge is 0.305 e. The molecule has 0 bridgehead atoms. The molecule has 18 heavy (non-hydrogen) atoms. The Kier molecular flexibility index (Phi) is 5.80. The minimum Gasteiger partial charge on any atom is -0.481 e. The molecule has 0 aromatic heterocycles. The minimum absolute atomic E-state index is 0.0931. The predicted molar refractivity (Wildman–Crippen MR) is 69.2 cm³/mol. The summed E-state index contributed by atoms with van der Waals surface area (Å²) in [6.07, 6.45) is -0.175. The number of rotatable bonds is 6. The van der Waals surface area contributed by atoms with Gasteiger partial charge in [-0.2, -0.15) is 0 Å². The second kappa shape index (κ2) is 7.13. The highest BCUT2D eigenvalue weighted by molar-refractivity contribution is 9.10. The number of ether oxygens (including phenoxy) is 1. The van der Waals surface area contributed by atoms with E-state index < -0.39 is 12.0 Å². The van der Waals surface area contributed by atoms with Crippen molar-refractivity contribution in [3.63, 3.8) is 0 Å². The molecular formula is C12H14BrNO4. The number of halogens is 1. The van der Waals surface area contributed by atoms with E-state index in [0.29, 0.717) is 0 Å². The number of carboxylic acid groups (broad SMARTS) is 1. The monoisotopic (exact) mass is 315 g/mol. The van der Waals surface area contributed by atoms with Crippen LogP contribution in [0.25, 0.3) is 0 Å². The number of carboxylic acids is 1. The van der Waals surface area contributed by atoms with Gasteiger partial charge in [-0.05, 0) is 17.7 Å². The number of hydrogen-bond acceptors (Lipinski definition) is 3. The molecule has 0 radical (unpaired) electrons. The molecule has 0 aliphatic heterocycles. The zero-order valence-corrected chi connectivity index (χ0v) is 11.4. The van der Waals surface area contributed by atoms with Gasteiger partial charge < -0.3 is 15.2 Å². The molecule has 0 aliphatic carbocycles. The van der Waals surface area contributed by atoms with Crippen molar-refractivity contribution >= 4 is 27.8 Å². The first-order valence-corrected chi connectivity index (χ1v) is 6.07. The molecule has 1 rings (SSSR count). The third-order valence-corrected chi connectivity index (χ3v) is 2.73. The zero-order chi connectivity index (χ0) is 13.5. The maximum absolute atomic E-state index is 11.5. The van der Waals surface area contributed by atoms with E-state index in [-0.39, 0.29) is 18.9 Å². The first-order valence-electron chi connectivity index (χ1n) is 5.28. The lowest BCUT2D eigenvalue weighted by Gasteiger charge is -2.17. The van der Waals surface area contributed by atoms with Crippen LogP contribution in [0.3, 0.4) is 0 Å². The topological polar surface area (TPSA) is 75.6 Å². The van der Waals surface area contributed by atoms with Crippen molar-refractivity contribution in [3.8, 4) is 0 Å². The van der Waals surface area contributed by atoms with E-state index in [0.717, 1.165) is 10.0 Å². The lowest BCUT2D eigenvalue weighted by atomic mass is 10.0. The van der Waals surface area contributed by atoms with Crippen LogP contribution in [0.5, 0.6) is 0 Å². The summed E-state index contributed by atoms with van der Waals surface area (Å²) in [5, 5.41) is 11.5. The molecule has 1 atom stereocenters. The largest absolute Gasteiger partial charge is 0.481 e. The molecular weight excluding hydrogens is 302 g/mol. The summed E-state index contributed by atoms with van der Waals surface area (Å²) in [4.78, 5) is 22.3. The van der Waals surface area contributed by atoms with E-state index >= 15 is 0 Å². The van der Waals surface area contributed by atoms with E-state index in [1.165, 1.54) is 7.11 Å². The van der Waals surface area contributed by atoms with Crippen LogP contribution < -0.4 is 5.32 Å². The summed E-state index contributed by atoms with van der Waals surface area (Å²) in [6, 6.07) is 6.60. The zero-order valence-electron chi connectivity index (χ0n) is 9.85. The third kappa shape index (κ3) is 4.85. The van der Waals surface area contributed by atoms with Gasteiger partial charge in [0.1, 0.15) is 6.61 Å². The Morgan fingerprint density at radius 2 is 2.22 bits per heavy atom.